The Labute approximate surface area is 678 Å². The molecule has 24 nitrogen and oxygen atoms in total. The average Bonchev–Trinajstić information content (AvgIpc) is 0.883. The number of carbonyl (C=O) groups excluding carboxylic acids is 2. The Morgan fingerprint density at radius 3 is 1.20 bits per heavy atom. The summed E-state index contributed by atoms with van der Waals surface area (Å²) in [5.41, 5.74) is 1.85. The van der Waals surface area contributed by atoms with E-state index in [9.17, 15) is 39.0 Å². The first-order valence-corrected chi connectivity index (χ1v) is 36.3. The van der Waals surface area contributed by atoms with Crippen LogP contribution >= 0.6 is 81.7 Å². The molecular formula is C71H80Cl4N14Na2O10S3. The predicted molar refractivity (Wildman–Crippen MR) is 413 cm³/mol. The largest absolute Gasteiger partial charge is 1.00 e. The van der Waals surface area contributed by atoms with E-state index in [0.717, 1.165) is 24.0 Å². The molecule has 0 saturated heterocycles. The van der Waals surface area contributed by atoms with Gasteiger partial charge in [0, 0.05) is 100 Å². The molecule has 0 saturated carbocycles. The standard InChI is InChI=1S/2C22H22ClN5O3S.C17H14Cl2N2O3S.C8H14N2.2CH4.2Na.H2O/c2*1-13-24-8-9-27(13)11-10-26(2)17-7-5-15-20(31)14-4-6-16(23)21(32-3)19(14)28(12-18(29)30)22(15)25-17;1-3-24-13(22)8-21-14-9(4-6-11(18)16(14)25-2)15(23)10-5-7-12(19)20-17(10)21;1-3-4-6-10-7-5-9-8(10)2;;;;;/h2*4-9H,10-12H2,1-3H3,(H,29,30);4-7H,3,8H2,1-2H3;5,7H,3-4,6H2,1-2H3;2*1H4;;;1H2/q;;;;;;2*+1;/p-2. The topological polar surface area (TPSA) is 298 Å². The minimum atomic E-state index is -1.28. The number of carboxylic acid groups (broad SMARTS) is 2. The van der Waals surface area contributed by atoms with Crippen molar-refractivity contribution >= 4 is 177 Å². The van der Waals surface area contributed by atoms with Gasteiger partial charge in [0.05, 0.1) is 81.6 Å². The molecular weight excluding hydrogens is 1490 g/mol. The van der Waals surface area contributed by atoms with Crippen molar-refractivity contribution in [3.8, 4) is 0 Å². The number of pyridine rings is 6. The third-order valence-electron chi connectivity index (χ3n) is 16.3. The number of thioether (sulfide) groups is 3. The van der Waals surface area contributed by atoms with E-state index in [1.54, 1.807) is 101 Å². The summed E-state index contributed by atoms with van der Waals surface area (Å²) in [5, 5.41) is 25.2. The number of likely N-dealkylation sites (N-methyl/N-ethyl adjacent to an activating group) is 2. The molecule has 0 aliphatic carbocycles. The number of hydrogen-bond acceptors (Lipinski definition) is 20. The number of hydrogen-bond donors (Lipinski definition) is 1. The fraction of sp³-hybridized carbons (Fsp3) is 0.324. The Morgan fingerprint density at radius 2 is 0.865 bits per heavy atom. The minimum absolute atomic E-state index is 0. The number of rotatable bonds is 21. The number of ether oxygens (including phenoxy) is 1. The predicted octanol–water partition coefficient (Wildman–Crippen LogP) is 7.20. The van der Waals surface area contributed by atoms with Crippen molar-refractivity contribution in [1.29, 1.82) is 0 Å². The molecule has 3 aromatic carbocycles. The van der Waals surface area contributed by atoms with Gasteiger partial charge >= 0.3 is 71.1 Å². The maximum atomic E-state index is 13.2. The summed E-state index contributed by atoms with van der Waals surface area (Å²) < 4.78 is 16.1. The Hall–Kier alpha value is -6.67. The van der Waals surface area contributed by atoms with Crippen LogP contribution in [0.15, 0.2) is 139 Å². The summed E-state index contributed by atoms with van der Waals surface area (Å²) in [6.45, 7) is 13.1. The second-order valence-corrected chi connectivity index (χ2v) is 26.6. The maximum absolute atomic E-state index is 13.2. The van der Waals surface area contributed by atoms with Crippen molar-refractivity contribution in [2.45, 2.75) is 116 Å². The van der Waals surface area contributed by atoms with E-state index in [1.807, 2.05) is 97.4 Å². The first-order valence-electron chi connectivity index (χ1n) is 31.1. The number of anilines is 2. The first-order chi connectivity index (χ1) is 47.4. The van der Waals surface area contributed by atoms with Gasteiger partial charge in [-0.3, -0.25) is 24.0 Å². The molecule has 0 aliphatic rings. The van der Waals surface area contributed by atoms with Crippen LogP contribution in [0.5, 0.6) is 0 Å². The number of carbonyl (C=O) groups is 3. The number of fused-ring (bicyclic) bond motifs is 6. The summed E-state index contributed by atoms with van der Waals surface area (Å²) in [5.74, 6) is 1.48. The molecule has 0 atom stereocenters. The van der Waals surface area contributed by atoms with E-state index in [-0.39, 0.29) is 126 Å². The van der Waals surface area contributed by atoms with Crippen LogP contribution in [0.4, 0.5) is 11.6 Å². The van der Waals surface area contributed by atoms with Gasteiger partial charge in [0.1, 0.15) is 64.3 Å². The van der Waals surface area contributed by atoms with Gasteiger partial charge in [0.15, 0.2) is 16.3 Å². The normalized spacial score (nSPS) is 10.7. The molecule has 9 aromatic heterocycles. The van der Waals surface area contributed by atoms with Crippen molar-refractivity contribution in [3.05, 3.63) is 178 Å². The van der Waals surface area contributed by atoms with E-state index >= 15 is 0 Å². The van der Waals surface area contributed by atoms with Gasteiger partial charge in [0.25, 0.3) is 0 Å². The molecule has 104 heavy (non-hydrogen) atoms. The second kappa shape index (κ2) is 40.9. The maximum Gasteiger partial charge on any atom is 1.00 e. The molecule has 0 bridgehead atoms. The van der Waals surface area contributed by atoms with Gasteiger partial charge in [-0.15, -0.1) is 35.3 Å². The number of esters is 1. The minimum Gasteiger partial charge on any atom is -0.870 e. The summed E-state index contributed by atoms with van der Waals surface area (Å²) >= 11 is 29.2. The SMILES string of the molecule is C.C.CCCCn1ccnc1C.CCOC(=O)Cn1c2nc(Cl)ccc2c(=O)c2ccc(Cl)c(SC)c21.CSc1c(Cl)ccc2c(=O)c3ccc(N(C)CCn4ccnc4C)nc3n(CC(=O)O)c12.CSc1c(Cl)ccc2c(=O)c3ccc(N(C)CCn4ccnc4C)nc3n(CC(=O)[O-])c12.[Na+].[Na+].[OH-]. The Morgan fingerprint density at radius 1 is 0.519 bits per heavy atom. The molecule has 9 heterocycles. The molecule has 33 heteroatoms. The zero-order valence-electron chi connectivity index (χ0n) is 58.3. The number of imidazole rings is 3. The van der Waals surface area contributed by atoms with Gasteiger partial charge in [-0.2, -0.15) is 0 Å². The van der Waals surface area contributed by atoms with Crippen LogP contribution < -0.4 is 90.3 Å². The van der Waals surface area contributed by atoms with Crippen LogP contribution in [-0.2, 0) is 58.4 Å². The number of aromatic nitrogens is 12. The molecule has 2 N–H and O–H groups in total. The van der Waals surface area contributed by atoms with Crippen molar-refractivity contribution in [1.82, 2.24) is 57.3 Å². The van der Waals surface area contributed by atoms with Crippen LogP contribution in [0.2, 0.25) is 20.2 Å². The van der Waals surface area contributed by atoms with Crippen LogP contribution in [0.1, 0.15) is 59.0 Å². The van der Waals surface area contributed by atoms with Crippen molar-refractivity contribution in [3.63, 3.8) is 0 Å². The van der Waals surface area contributed by atoms with Gasteiger partial charge in [0.2, 0.25) is 0 Å². The molecule has 12 aromatic rings. The van der Waals surface area contributed by atoms with Crippen molar-refractivity contribution < 1.29 is 93.9 Å². The summed E-state index contributed by atoms with van der Waals surface area (Å²) in [6.07, 6.45) is 19.2. The fourth-order valence-electron chi connectivity index (χ4n) is 11.3. The number of nitrogens with zero attached hydrogens (tertiary/aromatic N) is 14. The summed E-state index contributed by atoms with van der Waals surface area (Å²) in [7, 11) is 3.80. The molecule has 0 amide bonds. The number of halogens is 4. The molecule has 0 fully saturated rings. The van der Waals surface area contributed by atoms with Gasteiger partial charge in [-0.05, 0) is 126 Å². The summed E-state index contributed by atoms with van der Waals surface area (Å²) in [4.78, 5) is 107. The Balaban J connectivity index is 0.000000304. The molecule has 0 radical (unpaired) electrons. The molecule has 0 aliphatic heterocycles. The summed E-state index contributed by atoms with van der Waals surface area (Å²) in [6, 6.07) is 20.1. The van der Waals surface area contributed by atoms with Gasteiger partial charge < -0.3 is 62.4 Å². The first kappa shape index (κ1) is 89.7. The van der Waals surface area contributed by atoms with Crippen LogP contribution in [0, 0.1) is 20.8 Å². The Kier molecular flexibility index (Phi) is 35.3. The van der Waals surface area contributed by atoms with Crippen molar-refractivity contribution in [2.75, 3.05) is 62.4 Å². The number of unbranched alkanes of at least 4 members (excludes halogenated alkanes) is 1. The van der Waals surface area contributed by atoms with E-state index < -0.39 is 24.5 Å². The van der Waals surface area contributed by atoms with Gasteiger partial charge in [-0.25, -0.2) is 29.9 Å². The molecule has 12 rings (SSSR count). The van der Waals surface area contributed by atoms with E-state index in [0.29, 0.717) is 128 Å². The van der Waals surface area contributed by atoms with E-state index in [2.05, 4.69) is 36.4 Å². The quantitative estimate of drug-likeness (QED) is 0.0244. The van der Waals surface area contributed by atoms with E-state index in [4.69, 9.17) is 56.1 Å². The second-order valence-electron chi connectivity index (χ2n) is 22.5. The van der Waals surface area contributed by atoms with Crippen LogP contribution in [-0.4, -0.2) is 138 Å². The molecule has 542 valence electrons. The number of carboxylic acids is 2. The number of aliphatic carboxylic acids is 2. The third kappa shape index (κ3) is 20.3. The smallest absolute Gasteiger partial charge is 0.870 e. The van der Waals surface area contributed by atoms with Crippen molar-refractivity contribution in [2.24, 2.45) is 0 Å². The number of aryl methyl sites for hydroxylation is 4. The van der Waals surface area contributed by atoms with Crippen LogP contribution in [0.3, 0.4) is 0 Å². The third-order valence-corrected chi connectivity index (χ3v) is 20.3. The van der Waals surface area contributed by atoms with Gasteiger partial charge in [-0.1, -0.05) is 74.6 Å². The fourth-order valence-corrected chi connectivity index (χ4v) is 14.6. The zero-order chi connectivity index (χ0) is 71.5. The molecule has 0 unspecified atom stereocenters. The molecule has 0 spiro atoms. The monoisotopic (exact) mass is 1570 g/mol. The zero-order valence-corrected chi connectivity index (χ0v) is 67.8. The number of benzene rings is 3. The van der Waals surface area contributed by atoms with Crippen LogP contribution in [0.25, 0.3) is 65.8 Å². The Bertz CT molecular complexity index is 5020. The average molecular weight is 1570 g/mol. The van der Waals surface area contributed by atoms with E-state index in [1.165, 1.54) is 52.7 Å².